The number of urea groups is 1. The van der Waals surface area contributed by atoms with Gasteiger partial charge in [0.2, 0.25) is 5.91 Å². The molecule has 2 rings (SSSR count). The quantitative estimate of drug-likeness (QED) is 0.589. The summed E-state index contributed by atoms with van der Waals surface area (Å²) in [5.74, 6) is -1.49. The number of carbonyl (C=O) groups is 3. The van der Waals surface area contributed by atoms with E-state index in [2.05, 4.69) is 5.32 Å². The highest BCUT2D eigenvalue weighted by molar-refractivity contribution is 5.90. The van der Waals surface area contributed by atoms with Crippen molar-refractivity contribution in [1.82, 2.24) is 15.1 Å². The maximum absolute atomic E-state index is 12.5. The van der Waals surface area contributed by atoms with Crippen LogP contribution in [0, 0.1) is 0 Å². The van der Waals surface area contributed by atoms with E-state index in [1.165, 1.54) is 4.90 Å². The van der Waals surface area contributed by atoms with Crippen molar-refractivity contribution in [2.45, 2.75) is 37.8 Å². The van der Waals surface area contributed by atoms with E-state index in [4.69, 9.17) is 0 Å². The summed E-state index contributed by atoms with van der Waals surface area (Å²) in [5, 5.41) is 21.7. The van der Waals surface area contributed by atoms with Gasteiger partial charge in [0.1, 0.15) is 12.6 Å². The van der Waals surface area contributed by atoms with Gasteiger partial charge in [-0.2, -0.15) is 0 Å². The van der Waals surface area contributed by atoms with Crippen molar-refractivity contribution in [2.24, 2.45) is 0 Å². The largest absolute Gasteiger partial charge is 0.480 e. The van der Waals surface area contributed by atoms with Gasteiger partial charge in [-0.25, -0.2) is 9.59 Å². The minimum atomic E-state index is -1.13. The molecule has 0 spiro atoms. The van der Waals surface area contributed by atoms with Gasteiger partial charge in [-0.1, -0.05) is 0 Å². The lowest BCUT2D eigenvalue weighted by Crippen LogP contribution is -2.61. The van der Waals surface area contributed by atoms with Crippen LogP contribution in [-0.2, 0) is 9.59 Å². The number of rotatable bonds is 1. The second-order valence-corrected chi connectivity index (χ2v) is 5.91. The Kier molecular flexibility index (Phi) is 4.36. The average molecular weight is 299 g/mol. The molecule has 0 saturated carbocycles. The highest BCUT2D eigenvalue weighted by atomic mass is 16.4. The Morgan fingerprint density at radius 3 is 2.71 bits per heavy atom. The molecule has 8 heteroatoms. The van der Waals surface area contributed by atoms with Crippen LogP contribution in [0.2, 0.25) is 0 Å². The summed E-state index contributed by atoms with van der Waals surface area (Å²) >= 11 is 0. The summed E-state index contributed by atoms with van der Waals surface area (Å²) in [6, 6.07) is -1.49. The Bertz CT molecular complexity index is 451. The van der Waals surface area contributed by atoms with Crippen LogP contribution in [0.3, 0.4) is 0 Å². The van der Waals surface area contributed by atoms with Crippen molar-refractivity contribution in [2.75, 3.05) is 26.2 Å². The molecule has 3 amide bonds. The molecular formula is C13H21N3O5. The minimum absolute atomic E-state index is 0.0779. The molecule has 2 fully saturated rings. The molecule has 0 radical (unpaired) electrons. The number of nitrogens with one attached hydrogen (secondary N) is 1. The van der Waals surface area contributed by atoms with Crippen LogP contribution in [0.1, 0.15) is 26.2 Å². The van der Waals surface area contributed by atoms with Gasteiger partial charge < -0.3 is 20.4 Å². The molecule has 2 aliphatic rings. The molecule has 0 aliphatic carbocycles. The molecule has 0 aromatic rings. The van der Waals surface area contributed by atoms with Crippen LogP contribution >= 0.6 is 0 Å². The topological polar surface area (TPSA) is 110 Å². The number of hydrogen-bond donors (Lipinski definition) is 3. The first-order valence-corrected chi connectivity index (χ1v) is 7.07. The fourth-order valence-corrected chi connectivity index (χ4v) is 2.70. The van der Waals surface area contributed by atoms with Gasteiger partial charge in [0.25, 0.3) is 0 Å². The van der Waals surface area contributed by atoms with Crippen LogP contribution in [0.25, 0.3) is 0 Å². The molecule has 2 aliphatic heterocycles. The predicted octanol–water partition coefficient (Wildman–Crippen LogP) is -0.772. The third-order valence-corrected chi connectivity index (χ3v) is 4.05. The zero-order valence-corrected chi connectivity index (χ0v) is 12.0. The molecule has 2 atom stereocenters. The zero-order valence-electron chi connectivity index (χ0n) is 12.0. The van der Waals surface area contributed by atoms with E-state index < -0.39 is 23.6 Å². The number of nitrogens with zero attached hydrogens (tertiary/aromatic N) is 2. The van der Waals surface area contributed by atoms with Gasteiger partial charge in [-0.3, -0.25) is 9.69 Å². The molecule has 3 N–H and O–H groups in total. The van der Waals surface area contributed by atoms with Crippen LogP contribution in [-0.4, -0.2) is 75.7 Å². The van der Waals surface area contributed by atoms with Gasteiger partial charge in [-0.05, 0) is 26.2 Å². The summed E-state index contributed by atoms with van der Waals surface area (Å²) in [5.41, 5.74) is -0.805. The zero-order chi connectivity index (χ0) is 15.6. The van der Waals surface area contributed by atoms with Crippen molar-refractivity contribution in [1.29, 1.82) is 0 Å². The monoisotopic (exact) mass is 299 g/mol. The summed E-state index contributed by atoms with van der Waals surface area (Å²) in [6.45, 7) is 2.22. The van der Waals surface area contributed by atoms with Crippen molar-refractivity contribution < 1.29 is 24.6 Å². The highest BCUT2D eigenvalue weighted by Crippen LogP contribution is 2.22. The molecule has 0 aromatic carbocycles. The van der Waals surface area contributed by atoms with E-state index in [0.29, 0.717) is 32.4 Å². The fraction of sp³-hybridized carbons (Fsp3) is 0.769. The second-order valence-electron chi connectivity index (χ2n) is 5.91. The number of amides is 3. The van der Waals surface area contributed by atoms with Crippen LogP contribution in [0.15, 0.2) is 0 Å². The lowest BCUT2D eigenvalue weighted by molar-refractivity contribution is -0.144. The number of likely N-dealkylation sites (tertiary alicyclic amines) is 1. The van der Waals surface area contributed by atoms with Crippen LogP contribution in [0.5, 0.6) is 0 Å². The molecule has 2 heterocycles. The van der Waals surface area contributed by atoms with Crippen molar-refractivity contribution in [3.63, 3.8) is 0 Å². The summed E-state index contributed by atoms with van der Waals surface area (Å²) in [6.07, 6.45) is 1.69. The molecule has 118 valence electrons. The number of carbonyl (C=O) groups excluding carboxylic acids is 2. The molecule has 21 heavy (non-hydrogen) atoms. The Balaban J connectivity index is 2.09. The molecule has 0 bridgehead atoms. The van der Waals surface area contributed by atoms with Gasteiger partial charge in [-0.15, -0.1) is 0 Å². The summed E-state index contributed by atoms with van der Waals surface area (Å²) < 4.78 is 0. The van der Waals surface area contributed by atoms with Gasteiger partial charge in [0.05, 0.1) is 5.60 Å². The Hall–Kier alpha value is -1.83. The van der Waals surface area contributed by atoms with Gasteiger partial charge in [0, 0.05) is 19.6 Å². The second kappa shape index (κ2) is 5.88. The Morgan fingerprint density at radius 1 is 1.33 bits per heavy atom. The number of hydrogen-bond acceptors (Lipinski definition) is 4. The van der Waals surface area contributed by atoms with Crippen LogP contribution in [0.4, 0.5) is 4.79 Å². The van der Waals surface area contributed by atoms with Gasteiger partial charge >= 0.3 is 12.0 Å². The van der Waals surface area contributed by atoms with E-state index >= 15 is 0 Å². The Morgan fingerprint density at radius 2 is 2.05 bits per heavy atom. The van der Waals surface area contributed by atoms with Crippen molar-refractivity contribution in [3.8, 4) is 0 Å². The third kappa shape index (κ3) is 3.63. The number of aliphatic hydroxyl groups is 1. The SMILES string of the molecule is CC1(O)CCCN(C(=O)N2CC(=O)NCC2C(=O)O)CC1. The van der Waals surface area contributed by atoms with E-state index in [-0.39, 0.29) is 19.0 Å². The standard InChI is InChI=1S/C13H21N3O5/c1-13(21)3-2-5-15(6-4-13)12(20)16-8-10(17)14-7-9(16)11(18)19/h9,21H,2-8H2,1H3,(H,14,17)(H,18,19). The van der Waals surface area contributed by atoms with E-state index in [0.717, 1.165) is 4.90 Å². The van der Waals surface area contributed by atoms with E-state index in [9.17, 15) is 24.6 Å². The first-order chi connectivity index (χ1) is 9.80. The molecule has 2 saturated heterocycles. The van der Waals surface area contributed by atoms with Crippen LogP contribution < -0.4 is 5.32 Å². The third-order valence-electron chi connectivity index (χ3n) is 4.05. The normalized spacial score (nSPS) is 30.6. The number of carboxylic acid groups (broad SMARTS) is 1. The fourth-order valence-electron chi connectivity index (χ4n) is 2.70. The molecular weight excluding hydrogens is 278 g/mol. The van der Waals surface area contributed by atoms with Crippen molar-refractivity contribution >= 4 is 17.9 Å². The molecule has 8 nitrogen and oxygen atoms in total. The lowest BCUT2D eigenvalue weighted by Gasteiger charge is -2.36. The minimum Gasteiger partial charge on any atom is -0.480 e. The Labute approximate surface area is 122 Å². The average Bonchev–Trinajstić information content (AvgIpc) is 2.58. The van der Waals surface area contributed by atoms with Gasteiger partial charge in [0.15, 0.2) is 0 Å². The first kappa shape index (κ1) is 15.6. The summed E-state index contributed by atoms with van der Waals surface area (Å²) in [7, 11) is 0. The molecule has 2 unspecified atom stereocenters. The maximum Gasteiger partial charge on any atom is 0.328 e. The van der Waals surface area contributed by atoms with E-state index in [1.807, 2.05) is 0 Å². The number of aliphatic carboxylic acids is 1. The smallest absolute Gasteiger partial charge is 0.328 e. The highest BCUT2D eigenvalue weighted by Gasteiger charge is 2.38. The predicted molar refractivity (Wildman–Crippen MR) is 72.6 cm³/mol. The lowest BCUT2D eigenvalue weighted by atomic mass is 9.98. The maximum atomic E-state index is 12.5. The van der Waals surface area contributed by atoms with Crippen molar-refractivity contribution in [3.05, 3.63) is 0 Å². The first-order valence-electron chi connectivity index (χ1n) is 7.07. The van der Waals surface area contributed by atoms with E-state index in [1.54, 1.807) is 6.92 Å². The number of carboxylic acids is 1. The number of piperazine rings is 1. The molecule has 0 aromatic heterocycles. The summed E-state index contributed by atoms with van der Waals surface area (Å²) in [4.78, 5) is 37.8.